The minimum Gasteiger partial charge on any atom is -0.469 e. The van der Waals surface area contributed by atoms with E-state index in [4.69, 9.17) is 11.6 Å². The molecule has 0 saturated carbocycles. The van der Waals surface area contributed by atoms with E-state index in [1.54, 1.807) is 0 Å². The van der Waals surface area contributed by atoms with Gasteiger partial charge < -0.3 is 18.6 Å². The number of hydrogen-bond acceptors (Lipinski definition) is 2. The monoisotopic (exact) mass is 314 g/mol. The molecule has 0 bridgehead atoms. The maximum absolute atomic E-state index is 11.0. The molecule has 0 aromatic heterocycles. The summed E-state index contributed by atoms with van der Waals surface area (Å²) < 4.78 is 4.59. The Hall–Kier alpha value is 0.292. The normalized spacial score (nSPS) is 15.4. The third kappa shape index (κ3) is 18.7. The van der Waals surface area contributed by atoms with Gasteiger partial charge in [0.05, 0.1) is 7.11 Å². The van der Waals surface area contributed by atoms with E-state index in [-0.39, 0.29) is 46.0 Å². The molecule has 0 aliphatic carbocycles. The average molecular weight is 315 g/mol. The molecule has 0 saturated heterocycles. The summed E-state index contributed by atoms with van der Waals surface area (Å²) in [4.78, 5) is 11.0. The van der Waals surface area contributed by atoms with Crippen LogP contribution in [0.3, 0.4) is 0 Å². The zero-order valence-electron chi connectivity index (χ0n) is 12.5. The smallest absolute Gasteiger partial charge is 0.469 e. The summed E-state index contributed by atoms with van der Waals surface area (Å²) >= 11 is 5.77. The fourth-order valence-electron chi connectivity index (χ4n) is 1.000. The van der Waals surface area contributed by atoms with Crippen molar-refractivity contribution in [2.75, 3.05) is 7.11 Å². The Morgan fingerprint density at radius 2 is 1.67 bits per heavy atom. The predicted molar refractivity (Wildman–Crippen MR) is 74.8 cm³/mol. The molecular formula is C14H27ClCrO2. The van der Waals surface area contributed by atoms with E-state index in [9.17, 15) is 4.79 Å². The molecule has 0 heterocycles. The fraction of sp³-hybridized carbons (Fsp3) is 0.786. The van der Waals surface area contributed by atoms with Crippen LogP contribution in [-0.4, -0.2) is 18.5 Å². The van der Waals surface area contributed by atoms with Crippen molar-refractivity contribution in [2.45, 2.75) is 46.4 Å². The van der Waals surface area contributed by atoms with Gasteiger partial charge in [-0.15, -0.1) is 11.6 Å². The molecule has 3 atom stereocenters. The molecule has 0 amide bonds. The van der Waals surface area contributed by atoms with Crippen molar-refractivity contribution >= 4 is 17.6 Å². The van der Waals surface area contributed by atoms with Gasteiger partial charge >= 0.3 is 23.3 Å². The van der Waals surface area contributed by atoms with Gasteiger partial charge in [0.1, 0.15) is 0 Å². The third-order valence-electron chi connectivity index (χ3n) is 1.91. The first-order valence-corrected chi connectivity index (χ1v) is 6.33. The predicted octanol–water partition coefficient (Wildman–Crippen LogP) is 4.13. The number of methoxy groups -OCH3 is 1. The molecule has 0 fully saturated rings. The van der Waals surface area contributed by atoms with Crippen LogP contribution in [0, 0.1) is 31.1 Å². The Labute approximate surface area is 129 Å². The molecule has 0 aliphatic heterocycles. The summed E-state index contributed by atoms with van der Waals surface area (Å²) in [6.45, 7) is 17.6. The van der Waals surface area contributed by atoms with Crippen LogP contribution in [-0.2, 0) is 26.9 Å². The van der Waals surface area contributed by atoms with Crippen LogP contribution in [0.5, 0.6) is 0 Å². The van der Waals surface area contributed by atoms with E-state index >= 15 is 0 Å². The summed E-state index contributed by atoms with van der Waals surface area (Å²) in [7, 11) is 1.38. The fourth-order valence-corrected chi connectivity index (χ4v) is 1.23. The van der Waals surface area contributed by atoms with Crippen LogP contribution in [0.15, 0.2) is 0 Å². The number of alkyl halides is 1. The van der Waals surface area contributed by atoms with Crippen molar-refractivity contribution in [3.63, 3.8) is 0 Å². The van der Waals surface area contributed by atoms with Crippen LogP contribution >= 0.6 is 11.6 Å². The molecule has 108 valence electrons. The van der Waals surface area contributed by atoms with E-state index in [0.717, 1.165) is 6.42 Å². The van der Waals surface area contributed by atoms with Gasteiger partial charge in [-0.25, -0.2) is 0 Å². The van der Waals surface area contributed by atoms with Crippen molar-refractivity contribution in [1.29, 1.82) is 0 Å². The summed E-state index contributed by atoms with van der Waals surface area (Å²) in [6.07, 6.45) is 0.734. The minimum absolute atomic E-state index is 0. The molecule has 0 aromatic carbocycles. The van der Waals surface area contributed by atoms with Gasteiger partial charge in [0, 0.05) is 11.3 Å². The number of halogens is 1. The number of hydrogen-bond donors (Lipinski definition) is 0. The SMILES string of the molecule is [CH2-]C(C)(C)C.[CH2-]C(CC(C)Cl)C(C)C(=O)OC.[Cr+2]. The molecule has 2 nitrogen and oxygen atoms in total. The van der Waals surface area contributed by atoms with Crippen molar-refractivity contribution < 1.29 is 26.9 Å². The Bertz CT molecular complexity index is 206. The molecule has 0 N–H and O–H groups in total. The number of carbonyl (C=O) groups excluding carboxylic acids is 1. The molecule has 0 spiro atoms. The number of esters is 1. The first kappa shape index (κ1) is 23.4. The van der Waals surface area contributed by atoms with E-state index in [1.807, 2.05) is 13.8 Å². The van der Waals surface area contributed by atoms with Crippen molar-refractivity contribution in [2.24, 2.45) is 17.3 Å². The minimum atomic E-state index is -0.215. The molecule has 0 rings (SSSR count). The standard InChI is InChI=1S/C9H16ClO2.C5H11.Cr/c1-6(5-7(2)10)8(3)9(11)12-4;1-5(2,3)4;/h6-8H,1,5H2,2-4H3;1H2,2-4H3;/q2*-1;+2. The summed E-state index contributed by atoms with van der Waals surface area (Å²) in [6, 6.07) is 0. The Balaban J connectivity index is -0.000000321. The summed E-state index contributed by atoms with van der Waals surface area (Å²) in [5, 5.41) is 0.0552. The third-order valence-corrected chi connectivity index (χ3v) is 2.09. The second-order valence-corrected chi connectivity index (χ2v) is 6.39. The van der Waals surface area contributed by atoms with Gasteiger partial charge in [-0.05, 0) is 6.92 Å². The molecular weight excluding hydrogens is 288 g/mol. The number of ether oxygens (including phenoxy) is 1. The molecule has 3 unspecified atom stereocenters. The maximum atomic E-state index is 11.0. The van der Waals surface area contributed by atoms with Crippen LogP contribution < -0.4 is 0 Å². The summed E-state index contributed by atoms with van der Waals surface area (Å²) in [5.41, 5.74) is 0.250. The van der Waals surface area contributed by atoms with Crippen LogP contribution in [0.4, 0.5) is 0 Å². The molecule has 0 aromatic rings. The second kappa shape index (κ2) is 11.1. The van der Waals surface area contributed by atoms with E-state index in [0.29, 0.717) is 0 Å². The zero-order valence-corrected chi connectivity index (χ0v) is 14.5. The molecule has 4 heteroatoms. The Morgan fingerprint density at radius 1 is 1.33 bits per heavy atom. The number of rotatable bonds is 4. The summed E-state index contributed by atoms with van der Waals surface area (Å²) in [5.74, 6) is -0.353. The quantitative estimate of drug-likeness (QED) is 0.443. The molecule has 0 aliphatic rings. The van der Waals surface area contributed by atoms with Gasteiger partial charge in [0.25, 0.3) is 0 Å². The first-order chi connectivity index (χ1) is 7.49. The van der Waals surface area contributed by atoms with E-state index in [1.165, 1.54) is 7.11 Å². The van der Waals surface area contributed by atoms with Crippen LogP contribution in [0.25, 0.3) is 0 Å². The van der Waals surface area contributed by atoms with Crippen molar-refractivity contribution in [1.82, 2.24) is 0 Å². The topological polar surface area (TPSA) is 26.3 Å². The molecule has 0 radical (unpaired) electrons. The van der Waals surface area contributed by atoms with Gasteiger partial charge in [0.2, 0.25) is 0 Å². The van der Waals surface area contributed by atoms with E-state index in [2.05, 4.69) is 39.4 Å². The van der Waals surface area contributed by atoms with Crippen LogP contribution in [0.1, 0.15) is 41.0 Å². The first-order valence-electron chi connectivity index (χ1n) is 5.89. The van der Waals surface area contributed by atoms with Gasteiger partial charge in [0.15, 0.2) is 0 Å². The second-order valence-electron chi connectivity index (χ2n) is 5.65. The molecule has 18 heavy (non-hydrogen) atoms. The Morgan fingerprint density at radius 3 is 1.89 bits per heavy atom. The average Bonchev–Trinajstić information content (AvgIpc) is 2.11. The van der Waals surface area contributed by atoms with Crippen LogP contribution in [0.2, 0.25) is 0 Å². The van der Waals surface area contributed by atoms with E-state index < -0.39 is 0 Å². The largest absolute Gasteiger partial charge is 2.00 e. The van der Waals surface area contributed by atoms with Crippen molar-refractivity contribution in [3.8, 4) is 0 Å². The van der Waals surface area contributed by atoms with Gasteiger partial charge in [-0.2, -0.15) is 11.3 Å². The number of carbonyl (C=O) groups is 1. The zero-order chi connectivity index (χ0) is 14.2. The van der Waals surface area contributed by atoms with Crippen molar-refractivity contribution in [3.05, 3.63) is 13.8 Å². The van der Waals surface area contributed by atoms with Gasteiger partial charge in [-0.1, -0.05) is 34.1 Å². The van der Waals surface area contributed by atoms with Gasteiger partial charge in [-0.3, -0.25) is 4.79 Å². The maximum Gasteiger partial charge on any atom is 2.00 e. The Kier molecular flexibility index (Phi) is 14.5.